The number of hydrogen-bond acceptors (Lipinski definition) is 3. The molecule has 0 saturated heterocycles. The molecule has 5 heteroatoms. The monoisotopic (exact) mass is 300 g/mol. The van der Waals surface area contributed by atoms with Gasteiger partial charge in [-0.2, -0.15) is 0 Å². The SMILES string of the molecule is Clc1ccc(-c2nc3cc4c(cc3[nH]2)OCCCO4)cc1. The van der Waals surface area contributed by atoms with Gasteiger partial charge in [0, 0.05) is 29.1 Å². The Bertz CT molecular complexity index is 753. The van der Waals surface area contributed by atoms with Crippen LogP contribution in [0.2, 0.25) is 5.02 Å². The number of nitrogens with zero attached hydrogens (tertiary/aromatic N) is 1. The molecule has 21 heavy (non-hydrogen) atoms. The average molecular weight is 301 g/mol. The first kappa shape index (κ1) is 12.5. The summed E-state index contributed by atoms with van der Waals surface area (Å²) in [7, 11) is 0. The lowest BCUT2D eigenvalue weighted by atomic mass is 10.2. The zero-order chi connectivity index (χ0) is 14.2. The van der Waals surface area contributed by atoms with Crippen LogP contribution in [0.15, 0.2) is 36.4 Å². The zero-order valence-corrected chi connectivity index (χ0v) is 12.0. The number of benzene rings is 2. The van der Waals surface area contributed by atoms with E-state index in [9.17, 15) is 0 Å². The van der Waals surface area contributed by atoms with Crippen LogP contribution in [0, 0.1) is 0 Å². The number of fused-ring (bicyclic) bond motifs is 2. The molecule has 0 amide bonds. The second-order valence-electron chi connectivity index (χ2n) is 4.96. The number of aromatic nitrogens is 2. The Morgan fingerprint density at radius 3 is 2.48 bits per heavy atom. The number of aromatic amines is 1. The van der Waals surface area contributed by atoms with Crippen LogP contribution in [-0.4, -0.2) is 23.2 Å². The van der Waals surface area contributed by atoms with Crippen LogP contribution >= 0.6 is 11.6 Å². The minimum absolute atomic E-state index is 0.674. The molecule has 0 radical (unpaired) electrons. The van der Waals surface area contributed by atoms with E-state index in [1.54, 1.807) is 0 Å². The van der Waals surface area contributed by atoms with Gasteiger partial charge in [-0.1, -0.05) is 11.6 Å². The molecule has 3 aromatic rings. The largest absolute Gasteiger partial charge is 0.489 e. The fourth-order valence-corrected chi connectivity index (χ4v) is 2.54. The van der Waals surface area contributed by atoms with Crippen LogP contribution < -0.4 is 9.47 Å². The lowest BCUT2D eigenvalue weighted by Crippen LogP contribution is -1.97. The van der Waals surface area contributed by atoms with E-state index in [4.69, 9.17) is 21.1 Å². The highest BCUT2D eigenvalue weighted by Crippen LogP contribution is 2.34. The second kappa shape index (κ2) is 4.97. The number of ether oxygens (including phenoxy) is 2. The van der Waals surface area contributed by atoms with Crippen LogP contribution in [0.1, 0.15) is 6.42 Å². The van der Waals surface area contributed by atoms with Crippen molar-refractivity contribution in [2.45, 2.75) is 6.42 Å². The number of rotatable bonds is 1. The third-order valence-electron chi connectivity index (χ3n) is 3.47. The molecular formula is C16H13ClN2O2. The third kappa shape index (κ3) is 2.32. The van der Waals surface area contributed by atoms with Gasteiger partial charge in [0.2, 0.25) is 0 Å². The van der Waals surface area contributed by atoms with E-state index >= 15 is 0 Å². The molecule has 4 rings (SSSR count). The van der Waals surface area contributed by atoms with Crippen molar-refractivity contribution in [3.8, 4) is 22.9 Å². The van der Waals surface area contributed by atoms with E-state index in [2.05, 4.69) is 9.97 Å². The zero-order valence-electron chi connectivity index (χ0n) is 11.2. The van der Waals surface area contributed by atoms with Crippen LogP contribution in [0.3, 0.4) is 0 Å². The molecule has 0 spiro atoms. The van der Waals surface area contributed by atoms with Gasteiger partial charge in [-0.25, -0.2) is 4.98 Å². The van der Waals surface area contributed by atoms with Crippen LogP contribution in [-0.2, 0) is 0 Å². The van der Waals surface area contributed by atoms with Crippen LogP contribution in [0.25, 0.3) is 22.4 Å². The summed E-state index contributed by atoms with van der Waals surface area (Å²) in [5.74, 6) is 2.34. The Morgan fingerprint density at radius 2 is 1.71 bits per heavy atom. The molecule has 1 aliphatic rings. The molecule has 0 atom stereocenters. The molecule has 0 aliphatic carbocycles. The number of halogens is 1. The Kier molecular flexibility index (Phi) is 2.97. The lowest BCUT2D eigenvalue weighted by molar-refractivity contribution is 0.297. The maximum Gasteiger partial charge on any atom is 0.163 e. The normalized spacial score (nSPS) is 14.1. The number of imidazole rings is 1. The van der Waals surface area contributed by atoms with Crippen molar-refractivity contribution in [1.29, 1.82) is 0 Å². The smallest absolute Gasteiger partial charge is 0.163 e. The van der Waals surface area contributed by atoms with Gasteiger partial charge in [0.05, 0.1) is 24.2 Å². The summed E-state index contributed by atoms with van der Waals surface area (Å²) in [6.07, 6.45) is 0.895. The Hall–Kier alpha value is -2.20. The fourth-order valence-electron chi connectivity index (χ4n) is 2.41. The van der Waals surface area contributed by atoms with Crippen molar-refractivity contribution in [2.24, 2.45) is 0 Å². The first-order chi connectivity index (χ1) is 10.3. The second-order valence-corrected chi connectivity index (χ2v) is 5.40. The Morgan fingerprint density at radius 1 is 1.00 bits per heavy atom. The molecule has 1 aromatic heterocycles. The molecule has 2 aromatic carbocycles. The number of hydrogen-bond donors (Lipinski definition) is 1. The molecule has 2 heterocycles. The van der Waals surface area contributed by atoms with Gasteiger partial charge < -0.3 is 14.5 Å². The summed E-state index contributed by atoms with van der Waals surface area (Å²) in [6, 6.07) is 11.5. The van der Waals surface area contributed by atoms with Gasteiger partial charge in [-0.15, -0.1) is 0 Å². The standard InChI is InChI=1S/C16H13ClN2O2/c17-11-4-2-10(3-5-11)16-18-12-8-14-15(9-13(12)19-16)21-7-1-6-20-14/h2-5,8-9H,1,6-7H2,(H,18,19). The minimum atomic E-state index is 0.674. The Balaban J connectivity index is 1.81. The molecule has 0 bridgehead atoms. The van der Waals surface area contributed by atoms with Gasteiger partial charge >= 0.3 is 0 Å². The van der Waals surface area contributed by atoms with Crippen molar-refractivity contribution >= 4 is 22.6 Å². The quantitative estimate of drug-likeness (QED) is 0.737. The highest BCUT2D eigenvalue weighted by Gasteiger charge is 2.14. The summed E-state index contributed by atoms with van der Waals surface area (Å²) < 4.78 is 11.4. The predicted molar refractivity (Wildman–Crippen MR) is 82.1 cm³/mol. The van der Waals surface area contributed by atoms with Gasteiger partial charge in [0.15, 0.2) is 11.5 Å². The maximum atomic E-state index is 5.92. The molecule has 0 fully saturated rings. The molecule has 106 valence electrons. The topological polar surface area (TPSA) is 47.1 Å². The van der Waals surface area contributed by atoms with Gasteiger partial charge in [-0.05, 0) is 24.3 Å². The van der Waals surface area contributed by atoms with Gasteiger partial charge in [0.25, 0.3) is 0 Å². The first-order valence-corrected chi connectivity index (χ1v) is 7.23. The average Bonchev–Trinajstić information content (AvgIpc) is 2.76. The summed E-state index contributed by atoms with van der Waals surface area (Å²) in [6.45, 7) is 1.35. The Labute approximate surface area is 126 Å². The predicted octanol–water partition coefficient (Wildman–Crippen LogP) is 4.04. The van der Waals surface area contributed by atoms with Crippen LogP contribution in [0.5, 0.6) is 11.5 Å². The molecule has 1 N–H and O–H groups in total. The number of H-pyrrole nitrogens is 1. The third-order valence-corrected chi connectivity index (χ3v) is 3.72. The summed E-state index contributed by atoms with van der Waals surface area (Å²) in [5, 5.41) is 0.711. The lowest BCUT2D eigenvalue weighted by Gasteiger charge is -2.05. The van der Waals surface area contributed by atoms with E-state index in [1.165, 1.54) is 0 Å². The fraction of sp³-hybridized carbons (Fsp3) is 0.188. The van der Waals surface area contributed by atoms with Crippen LogP contribution in [0.4, 0.5) is 0 Å². The molecule has 0 unspecified atom stereocenters. The molecular weight excluding hydrogens is 288 g/mol. The van der Waals surface area contributed by atoms with E-state index in [0.29, 0.717) is 18.2 Å². The highest BCUT2D eigenvalue weighted by molar-refractivity contribution is 6.30. The van der Waals surface area contributed by atoms with E-state index in [0.717, 1.165) is 40.3 Å². The van der Waals surface area contributed by atoms with Crippen molar-refractivity contribution < 1.29 is 9.47 Å². The molecule has 0 saturated carbocycles. The number of nitrogens with one attached hydrogen (secondary N) is 1. The van der Waals surface area contributed by atoms with Crippen molar-refractivity contribution in [3.05, 3.63) is 41.4 Å². The van der Waals surface area contributed by atoms with Crippen molar-refractivity contribution in [1.82, 2.24) is 9.97 Å². The van der Waals surface area contributed by atoms with E-state index in [1.807, 2.05) is 36.4 Å². The first-order valence-electron chi connectivity index (χ1n) is 6.85. The molecule has 4 nitrogen and oxygen atoms in total. The summed E-state index contributed by atoms with van der Waals surface area (Å²) in [5.41, 5.74) is 2.79. The maximum absolute atomic E-state index is 5.92. The van der Waals surface area contributed by atoms with Gasteiger partial charge in [-0.3, -0.25) is 0 Å². The van der Waals surface area contributed by atoms with Crippen molar-refractivity contribution in [2.75, 3.05) is 13.2 Å². The van der Waals surface area contributed by atoms with E-state index < -0.39 is 0 Å². The summed E-state index contributed by atoms with van der Waals surface area (Å²) >= 11 is 5.92. The molecule has 1 aliphatic heterocycles. The highest BCUT2D eigenvalue weighted by atomic mass is 35.5. The summed E-state index contributed by atoms with van der Waals surface area (Å²) in [4.78, 5) is 7.93. The van der Waals surface area contributed by atoms with Gasteiger partial charge in [0.1, 0.15) is 5.82 Å². The minimum Gasteiger partial charge on any atom is -0.489 e. The van der Waals surface area contributed by atoms with E-state index in [-0.39, 0.29) is 0 Å². The van der Waals surface area contributed by atoms with Crippen molar-refractivity contribution in [3.63, 3.8) is 0 Å².